The Bertz CT molecular complexity index is 517. The summed E-state index contributed by atoms with van der Waals surface area (Å²) in [5, 5.41) is 11.9. The minimum absolute atomic E-state index is 0.127. The topological polar surface area (TPSA) is 66.4 Å². The summed E-state index contributed by atoms with van der Waals surface area (Å²) in [6.45, 7) is 5.89. The lowest BCUT2D eigenvalue weighted by atomic mass is 9.97. The smallest absolute Gasteiger partial charge is 0.327 e. The number of amides is 1. The summed E-state index contributed by atoms with van der Waals surface area (Å²) in [5.41, 5.74) is 2.34. The van der Waals surface area contributed by atoms with E-state index in [0.29, 0.717) is 11.5 Å². The van der Waals surface area contributed by atoms with Crippen LogP contribution in [0.1, 0.15) is 25.0 Å². The lowest BCUT2D eigenvalue weighted by Crippen LogP contribution is -2.46. The van der Waals surface area contributed by atoms with Gasteiger partial charge in [0.15, 0.2) is 0 Å². The standard InChI is InChI=1S/C17H25NO3S2/c1-11(2)14(8-22)16(19)18-15(17(20)21)10-23-9-13-6-4-12(3)5-7-13/h4-7,11,14-15,22H,8-10H2,1-3H3,(H,18,19)(H,20,21)/t14?,15-/m0/s1. The fourth-order valence-electron chi connectivity index (χ4n) is 2.03. The van der Waals surface area contributed by atoms with E-state index in [4.69, 9.17) is 0 Å². The number of aliphatic carboxylic acids is 1. The highest BCUT2D eigenvalue weighted by Gasteiger charge is 2.26. The van der Waals surface area contributed by atoms with E-state index in [1.165, 1.54) is 17.3 Å². The van der Waals surface area contributed by atoms with Crippen LogP contribution in [0.4, 0.5) is 0 Å². The SMILES string of the molecule is Cc1ccc(CSC[C@H](NC(=O)C(CS)C(C)C)C(=O)O)cc1. The first-order chi connectivity index (χ1) is 10.8. The van der Waals surface area contributed by atoms with Gasteiger partial charge in [-0.3, -0.25) is 4.79 Å². The number of nitrogens with one attached hydrogen (secondary N) is 1. The highest BCUT2D eigenvalue weighted by atomic mass is 32.2. The Morgan fingerprint density at radius 3 is 2.35 bits per heavy atom. The van der Waals surface area contributed by atoms with Crippen molar-refractivity contribution in [1.29, 1.82) is 0 Å². The van der Waals surface area contributed by atoms with E-state index in [1.807, 2.05) is 45.0 Å². The molecule has 1 aromatic carbocycles. The largest absolute Gasteiger partial charge is 0.480 e. The van der Waals surface area contributed by atoms with Crippen molar-refractivity contribution >= 4 is 36.3 Å². The number of hydrogen-bond acceptors (Lipinski definition) is 4. The van der Waals surface area contributed by atoms with Crippen LogP contribution in [-0.2, 0) is 15.3 Å². The number of hydrogen-bond donors (Lipinski definition) is 3. The average molecular weight is 356 g/mol. The number of aryl methyl sites for hydroxylation is 1. The third kappa shape index (κ3) is 6.87. The second kappa shape index (κ2) is 9.88. The quantitative estimate of drug-likeness (QED) is 0.596. The Morgan fingerprint density at radius 2 is 1.87 bits per heavy atom. The van der Waals surface area contributed by atoms with Gasteiger partial charge in [0, 0.05) is 23.2 Å². The van der Waals surface area contributed by atoms with Gasteiger partial charge < -0.3 is 10.4 Å². The molecule has 0 aliphatic rings. The monoisotopic (exact) mass is 355 g/mol. The fourth-order valence-corrected chi connectivity index (χ4v) is 3.62. The Kier molecular flexibility index (Phi) is 8.55. The van der Waals surface area contributed by atoms with E-state index in [1.54, 1.807) is 0 Å². The first kappa shape index (κ1) is 19.9. The van der Waals surface area contributed by atoms with Crippen molar-refractivity contribution < 1.29 is 14.7 Å². The molecule has 1 amide bonds. The number of thioether (sulfide) groups is 1. The Morgan fingerprint density at radius 1 is 1.26 bits per heavy atom. The first-order valence-corrected chi connectivity index (χ1v) is 9.41. The van der Waals surface area contributed by atoms with Gasteiger partial charge in [0.1, 0.15) is 6.04 Å². The molecule has 1 rings (SSSR count). The van der Waals surface area contributed by atoms with Gasteiger partial charge in [0.2, 0.25) is 5.91 Å². The van der Waals surface area contributed by atoms with E-state index in [-0.39, 0.29) is 17.7 Å². The number of rotatable bonds is 9. The Hall–Kier alpha value is -1.14. The van der Waals surface area contributed by atoms with Crippen molar-refractivity contribution in [2.45, 2.75) is 32.6 Å². The van der Waals surface area contributed by atoms with Crippen LogP contribution in [0.25, 0.3) is 0 Å². The summed E-state index contributed by atoms with van der Waals surface area (Å²) in [7, 11) is 0. The Balaban J connectivity index is 2.53. The third-order valence-corrected chi connectivity index (χ3v) is 5.13. The molecule has 0 aliphatic carbocycles. The van der Waals surface area contributed by atoms with Crippen molar-refractivity contribution in [3.63, 3.8) is 0 Å². The molecular formula is C17H25NO3S2. The minimum atomic E-state index is -1.00. The van der Waals surface area contributed by atoms with Crippen LogP contribution in [0.15, 0.2) is 24.3 Å². The van der Waals surface area contributed by atoms with Crippen molar-refractivity contribution in [3.8, 4) is 0 Å². The summed E-state index contributed by atoms with van der Waals surface area (Å²) in [4.78, 5) is 23.5. The third-order valence-electron chi connectivity index (χ3n) is 3.63. The molecule has 1 aromatic rings. The summed E-state index contributed by atoms with van der Waals surface area (Å²) >= 11 is 5.69. The molecule has 0 fully saturated rings. The molecule has 0 aliphatic heterocycles. The van der Waals surface area contributed by atoms with Gasteiger partial charge in [-0.1, -0.05) is 43.7 Å². The van der Waals surface area contributed by atoms with E-state index in [9.17, 15) is 14.7 Å². The van der Waals surface area contributed by atoms with E-state index in [0.717, 1.165) is 11.3 Å². The minimum Gasteiger partial charge on any atom is -0.480 e. The molecule has 0 aromatic heterocycles. The molecule has 23 heavy (non-hydrogen) atoms. The molecule has 0 bridgehead atoms. The molecule has 2 atom stereocenters. The van der Waals surface area contributed by atoms with Crippen LogP contribution < -0.4 is 5.32 Å². The second-order valence-corrected chi connectivity index (χ2v) is 7.33. The number of benzene rings is 1. The molecule has 128 valence electrons. The molecule has 0 saturated heterocycles. The van der Waals surface area contributed by atoms with Crippen LogP contribution in [0, 0.1) is 18.8 Å². The van der Waals surface area contributed by atoms with Crippen molar-refractivity contribution in [2.75, 3.05) is 11.5 Å². The van der Waals surface area contributed by atoms with Gasteiger partial charge in [0.25, 0.3) is 0 Å². The predicted molar refractivity (Wildman–Crippen MR) is 99.1 cm³/mol. The predicted octanol–water partition coefficient (Wildman–Crippen LogP) is 3.00. The average Bonchev–Trinajstić information content (AvgIpc) is 2.48. The van der Waals surface area contributed by atoms with Crippen LogP contribution in [0.3, 0.4) is 0 Å². The van der Waals surface area contributed by atoms with Gasteiger partial charge in [0.05, 0.1) is 0 Å². The van der Waals surface area contributed by atoms with Crippen molar-refractivity contribution in [1.82, 2.24) is 5.32 Å². The normalized spacial score (nSPS) is 13.6. The van der Waals surface area contributed by atoms with E-state index < -0.39 is 12.0 Å². The summed E-state index contributed by atoms with van der Waals surface area (Å²) < 4.78 is 0. The number of carboxylic acids is 1. The van der Waals surface area contributed by atoms with Crippen LogP contribution >= 0.6 is 24.4 Å². The van der Waals surface area contributed by atoms with Crippen molar-refractivity contribution in [3.05, 3.63) is 35.4 Å². The number of carboxylic acid groups (broad SMARTS) is 1. The summed E-state index contributed by atoms with van der Waals surface area (Å²) in [5.74, 6) is 0.0814. The zero-order valence-corrected chi connectivity index (χ0v) is 15.5. The molecular weight excluding hydrogens is 330 g/mol. The molecule has 0 radical (unpaired) electrons. The molecule has 6 heteroatoms. The van der Waals surface area contributed by atoms with Crippen LogP contribution in [0.5, 0.6) is 0 Å². The molecule has 4 nitrogen and oxygen atoms in total. The molecule has 0 saturated carbocycles. The summed E-state index contributed by atoms with van der Waals surface area (Å²) in [6.07, 6.45) is 0. The van der Waals surface area contributed by atoms with Gasteiger partial charge in [-0.2, -0.15) is 24.4 Å². The maximum absolute atomic E-state index is 12.2. The summed E-state index contributed by atoms with van der Waals surface area (Å²) in [6, 6.07) is 7.26. The van der Waals surface area contributed by atoms with Crippen LogP contribution in [0.2, 0.25) is 0 Å². The highest BCUT2D eigenvalue weighted by Crippen LogP contribution is 2.16. The molecule has 0 spiro atoms. The molecule has 0 heterocycles. The van der Waals surface area contributed by atoms with Gasteiger partial charge in [-0.15, -0.1) is 0 Å². The highest BCUT2D eigenvalue weighted by molar-refractivity contribution is 7.98. The van der Waals surface area contributed by atoms with E-state index in [2.05, 4.69) is 17.9 Å². The lowest BCUT2D eigenvalue weighted by molar-refractivity contribution is -0.141. The number of carbonyl (C=O) groups is 2. The molecule has 2 N–H and O–H groups in total. The number of carbonyl (C=O) groups excluding carboxylic acids is 1. The second-order valence-electron chi connectivity index (χ2n) is 5.93. The van der Waals surface area contributed by atoms with Crippen molar-refractivity contribution in [2.24, 2.45) is 11.8 Å². The maximum atomic E-state index is 12.2. The van der Waals surface area contributed by atoms with Gasteiger partial charge >= 0.3 is 5.97 Å². The van der Waals surface area contributed by atoms with Crippen LogP contribution in [-0.4, -0.2) is 34.5 Å². The van der Waals surface area contributed by atoms with Gasteiger partial charge in [-0.05, 0) is 18.4 Å². The lowest BCUT2D eigenvalue weighted by Gasteiger charge is -2.21. The maximum Gasteiger partial charge on any atom is 0.327 e. The van der Waals surface area contributed by atoms with E-state index >= 15 is 0 Å². The first-order valence-electron chi connectivity index (χ1n) is 7.62. The fraction of sp³-hybridized carbons (Fsp3) is 0.529. The Labute approximate surface area is 147 Å². The molecule has 1 unspecified atom stereocenters. The zero-order valence-electron chi connectivity index (χ0n) is 13.8. The zero-order chi connectivity index (χ0) is 17.4. The van der Waals surface area contributed by atoms with Gasteiger partial charge in [-0.25, -0.2) is 4.79 Å². The number of thiol groups is 1.